The fraction of sp³-hybridized carbons (Fsp3) is 1.00. The second-order valence-electron chi connectivity index (χ2n) is 23.7. The quantitative estimate of drug-likeness (QED) is 0.124. The van der Waals surface area contributed by atoms with Crippen LogP contribution in [0, 0.1) is 44.8 Å². The van der Waals surface area contributed by atoms with Crippen LogP contribution in [0.15, 0.2) is 0 Å². The van der Waals surface area contributed by atoms with Crippen molar-refractivity contribution in [2.24, 2.45) is 44.8 Å². The van der Waals surface area contributed by atoms with E-state index in [0.29, 0.717) is 31.1 Å². The lowest BCUT2D eigenvalue weighted by Crippen LogP contribution is -2.64. The average Bonchev–Trinajstić information content (AvgIpc) is 3.64. The van der Waals surface area contributed by atoms with E-state index in [4.69, 9.17) is 33.2 Å². The summed E-state index contributed by atoms with van der Waals surface area (Å²) in [4.78, 5) is 0. The molecule has 18 heteroatoms. The molecule has 4 saturated heterocycles. The van der Waals surface area contributed by atoms with Gasteiger partial charge in [0.2, 0.25) is 0 Å². The molecule has 5 aliphatic carbocycles. The molecule has 9 rings (SSSR count). The van der Waals surface area contributed by atoms with Gasteiger partial charge in [-0.25, -0.2) is 0 Å². The molecule has 4 unspecified atom stereocenters. The summed E-state index contributed by atoms with van der Waals surface area (Å²) in [5.74, 6) is 0.548. The zero-order valence-corrected chi connectivity index (χ0v) is 39.0. The predicted molar refractivity (Wildman–Crippen MR) is 225 cm³/mol. The zero-order chi connectivity index (χ0) is 47.2. The fourth-order valence-electron chi connectivity index (χ4n) is 16.4. The molecule has 11 N–H and O–H groups in total. The van der Waals surface area contributed by atoms with Gasteiger partial charge >= 0.3 is 0 Å². The van der Waals surface area contributed by atoms with Crippen molar-refractivity contribution < 1.29 is 89.3 Å². The molecule has 2 spiro atoms. The van der Waals surface area contributed by atoms with Crippen LogP contribution in [0.3, 0.4) is 0 Å². The molecular weight excluding hydrogens is 852 g/mol. The molecule has 0 aromatic rings. The first-order valence-corrected chi connectivity index (χ1v) is 24.3. The van der Waals surface area contributed by atoms with Gasteiger partial charge in [-0.05, 0) is 124 Å². The van der Waals surface area contributed by atoms with Crippen LogP contribution >= 0.6 is 0 Å². The minimum Gasteiger partial charge on any atom is -0.394 e. The first kappa shape index (κ1) is 49.3. The summed E-state index contributed by atoms with van der Waals surface area (Å²) >= 11 is 0. The minimum absolute atomic E-state index is 0.0899. The number of aliphatic hydroxyl groups is 11. The third-order valence-corrected chi connectivity index (χ3v) is 19.9. The van der Waals surface area contributed by atoms with Crippen LogP contribution in [0.5, 0.6) is 0 Å². The molecule has 65 heavy (non-hydrogen) atoms. The predicted octanol–water partition coefficient (Wildman–Crippen LogP) is -0.422. The van der Waals surface area contributed by atoms with Crippen molar-refractivity contribution in [3.8, 4) is 0 Å². The Balaban J connectivity index is 0.891. The summed E-state index contributed by atoms with van der Waals surface area (Å²) in [6, 6.07) is 0. The molecule has 0 amide bonds. The van der Waals surface area contributed by atoms with Crippen molar-refractivity contribution in [1.82, 2.24) is 0 Å². The average molecular weight is 931 g/mol. The standard InChI is InChI=1S/C47H78O18/c1-41(2)25-8-9-26-44(6)16-21(50)37(45(7)12-10-28(64-45)42(3,4)65-39-35(58)33(56)31(54)24(18-49)61-39)43(44,5)14-15-47(26)20-46(25,47)13-11-27(41)62-40-36(29(52)22(51)19-59-40)63-38-34(57)32(55)30(53)23(17-48)60-38/h21-40,48-58H,8-20H2,1-7H3/t21-,22+,23+,24+,25?,26?,27-,28-,29-,30+,31+,32-,33-,34+,35+,36+,37-,38-,39-,40-,43+,44-,45+,46?,47?/m0/s1. The number of ether oxygens (including phenoxy) is 7. The molecule has 0 radical (unpaired) electrons. The molecule has 0 aromatic heterocycles. The molecule has 5 saturated carbocycles. The Morgan fingerprint density at radius 1 is 0.585 bits per heavy atom. The number of rotatable bonds is 10. The monoisotopic (exact) mass is 931 g/mol. The van der Waals surface area contributed by atoms with E-state index in [0.717, 1.165) is 44.9 Å². The largest absolute Gasteiger partial charge is 0.394 e. The second-order valence-corrected chi connectivity index (χ2v) is 23.7. The summed E-state index contributed by atoms with van der Waals surface area (Å²) in [6.07, 6.45) is -12.6. The number of hydrogen-bond donors (Lipinski definition) is 11. The lowest BCUT2D eigenvalue weighted by molar-refractivity contribution is -0.366. The third-order valence-electron chi connectivity index (χ3n) is 19.9. The highest BCUT2D eigenvalue weighted by Gasteiger charge is 2.83. The molecule has 4 heterocycles. The van der Waals surface area contributed by atoms with Gasteiger partial charge in [0.1, 0.15) is 67.1 Å². The van der Waals surface area contributed by atoms with Gasteiger partial charge in [-0.3, -0.25) is 0 Å². The Morgan fingerprint density at radius 3 is 1.83 bits per heavy atom. The van der Waals surface area contributed by atoms with E-state index < -0.39 is 123 Å². The number of fused-ring (bicyclic) bond motifs is 2. The topological polar surface area (TPSA) is 287 Å². The van der Waals surface area contributed by atoms with Gasteiger partial charge in [-0.1, -0.05) is 27.7 Å². The van der Waals surface area contributed by atoms with Crippen molar-refractivity contribution >= 4 is 0 Å². The highest BCUT2D eigenvalue weighted by molar-refractivity contribution is 5.32. The van der Waals surface area contributed by atoms with E-state index in [1.807, 2.05) is 13.8 Å². The summed E-state index contributed by atoms with van der Waals surface area (Å²) in [6.45, 7) is 13.7. The van der Waals surface area contributed by atoms with Gasteiger partial charge in [-0.2, -0.15) is 0 Å². The van der Waals surface area contributed by atoms with Gasteiger partial charge in [-0.15, -0.1) is 0 Å². The molecule has 25 atom stereocenters. The van der Waals surface area contributed by atoms with Gasteiger partial charge < -0.3 is 89.3 Å². The number of aliphatic hydroxyl groups excluding tert-OH is 11. The Morgan fingerprint density at radius 2 is 1.18 bits per heavy atom. The lowest BCUT2D eigenvalue weighted by atomic mass is 9.41. The normalized spacial score (nSPS) is 57.5. The highest BCUT2D eigenvalue weighted by Crippen LogP contribution is 2.89. The van der Waals surface area contributed by atoms with E-state index in [1.54, 1.807) is 0 Å². The summed E-state index contributed by atoms with van der Waals surface area (Å²) in [7, 11) is 0. The molecule has 9 fully saturated rings. The van der Waals surface area contributed by atoms with Crippen LogP contribution in [0.2, 0.25) is 0 Å². The summed E-state index contributed by atoms with van der Waals surface area (Å²) in [5.41, 5.74) is -2.22. The highest BCUT2D eigenvalue weighted by atomic mass is 16.8. The van der Waals surface area contributed by atoms with E-state index in [9.17, 15) is 56.2 Å². The van der Waals surface area contributed by atoms with E-state index >= 15 is 0 Å². The molecule has 18 nitrogen and oxygen atoms in total. The van der Waals surface area contributed by atoms with Crippen molar-refractivity contribution in [2.75, 3.05) is 19.8 Å². The van der Waals surface area contributed by atoms with Crippen LogP contribution in [0.1, 0.15) is 113 Å². The second kappa shape index (κ2) is 16.7. The Labute approximate surface area is 381 Å². The molecule has 374 valence electrons. The van der Waals surface area contributed by atoms with Gasteiger partial charge in [0.05, 0.1) is 49.3 Å². The zero-order valence-electron chi connectivity index (χ0n) is 39.0. The van der Waals surface area contributed by atoms with Crippen molar-refractivity contribution in [3.63, 3.8) is 0 Å². The summed E-state index contributed by atoms with van der Waals surface area (Å²) in [5, 5.41) is 117. The summed E-state index contributed by atoms with van der Waals surface area (Å²) < 4.78 is 43.4. The van der Waals surface area contributed by atoms with Crippen LogP contribution in [0.4, 0.5) is 0 Å². The first-order valence-electron chi connectivity index (χ1n) is 24.3. The molecule has 9 aliphatic rings. The fourth-order valence-corrected chi connectivity index (χ4v) is 16.4. The maximum Gasteiger partial charge on any atom is 0.187 e. The smallest absolute Gasteiger partial charge is 0.187 e. The molecule has 4 aliphatic heterocycles. The van der Waals surface area contributed by atoms with Gasteiger partial charge in [0.25, 0.3) is 0 Å². The molecule has 0 aromatic carbocycles. The van der Waals surface area contributed by atoms with Crippen LogP contribution < -0.4 is 0 Å². The van der Waals surface area contributed by atoms with E-state index in [2.05, 4.69) is 34.6 Å². The van der Waals surface area contributed by atoms with Crippen LogP contribution in [-0.4, -0.2) is 192 Å². The maximum absolute atomic E-state index is 12.3. The van der Waals surface area contributed by atoms with E-state index in [-0.39, 0.29) is 45.7 Å². The van der Waals surface area contributed by atoms with Crippen molar-refractivity contribution in [3.05, 3.63) is 0 Å². The SMILES string of the molecule is CC(C)(O[C@@H]1O[C@H](CO)[C@@H](O)[C@H](O)[C@H]1O)[C@@H]1CC[C@](C)([C@H]2[C@@H](O)C[C@@]3(C)C4CCC5C(C)(C)[C@@H](O[C@@H]6OC[C@@H](O)[C@H](O)[C@H]6O[C@@H]6O[C@H](CO)[C@@H](O)[C@H](O)[C@H]6O)CCC56CC46CC[C@]23C)O1. The van der Waals surface area contributed by atoms with Gasteiger partial charge in [0.15, 0.2) is 18.9 Å². The Kier molecular flexibility index (Phi) is 12.6. The Hall–Kier alpha value is -0.720. The van der Waals surface area contributed by atoms with E-state index in [1.165, 1.54) is 0 Å². The Bertz CT molecular complexity index is 1730. The van der Waals surface area contributed by atoms with Crippen molar-refractivity contribution in [1.29, 1.82) is 0 Å². The molecule has 0 bridgehead atoms. The molecular formula is C47H78O18. The maximum atomic E-state index is 12.3. The van der Waals surface area contributed by atoms with Crippen molar-refractivity contribution in [2.45, 2.75) is 228 Å². The lowest BCUT2D eigenvalue weighted by Gasteiger charge is -2.64. The van der Waals surface area contributed by atoms with Crippen LogP contribution in [0.25, 0.3) is 0 Å². The van der Waals surface area contributed by atoms with Crippen LogP contribution in [-0.2, 0) is 33.2 Å². The van der Waals surface area contributed by atoms with Gasteiger partial charge in [0, 0.05) is 5.92 Å². The minimum atomic E-state index is -1.72. The first-order chi connectivity index (χ1) is 30.4. The third kappa shape index (κ3) is 7.23. The number of hydrogen-bond acceptors (Lipinski definition) is 18.